The molecule has 1 N–H and O–H groups in total. The summed E-state index contributed by atoms with van der Waals surface area (Å²) < 4.78 is 16.2. The molecule has 1 fully saturated rings. The number of rotatable bonds is 8. The lowest BCUT2D eigenvalue weighted by molar-refractivity contribution is -0.149. The molecule has 0 spiro atoms. The smallest absolute Gasteiger partial charge is 0.331 e. The van der Waals surface area contributed by atoms with Crippen LogP contribution in [-0.2, 0) is 9.53 Å². The normalized spacial score (nSPS) is 15.8. The predicted octanol–water partition coefficient (Wildman–Crippen LogP) is 3.48. The van der Waals surface area contributed by atoms with Gasteiger partial charge in [-0.15, -0.1) is 0 Å². The lowest BCUT2D eigenvalue weighted by Gasteiger charge is -2.35. The lowest BCUT2D eigenvalue weighted by Crippen LogP contribution is -2.56. The first kappa shape index (κ1) is 20.1. The first-order chi connectivity index (χ1) is 12.6. The van der Waals surface area contributed by atoms with Gasteiger partial charge in [0.15, 0.2) is 11.5 Å². The molecule has 1 aromatic rings. The van der Waals surface area contributed by atoms with Gasteiger partial charge in [0.05, 0.1) is 20.3 Å². The van der Waals surface area contributed by atoms with E-state index in [0.717, 1.165) is 25.7 Å². The highest BCUT2D eigenvalue weighted by Gasteiger charge is 2.42. The monoisotopic (exact) mass is 363 g/mol. The summed E-state index contributed by atoms with van der Waals surface area (Å²) in [5.74, 6) is 0.466. The molecule has 0 aromatic heterocycles. The fraction of sp³-hybridized carbons (Fsp3) is 0.600. The van der Waals surface area contributed by atoms with E-state index in [4.69, 9.17) is 14.2 Å². The molecular formula is C20H29NO5. The molecular weight excluding hydrogens is 334 g/mol. The molecule has 0 heterocycles. The van der Waals surface area contributed by atoms with Crippen LogP contribution in [0, 0.1) is 0 Å². The Kier molecular flexibility index (Phi) is 7.30. The van der Waals surface area contributed by atoms with Gasteiger partial charge in [0.25, 0.3) is 5.91 Å². The SMILES string of the molecule is CCCOc1ccc(C(=O)NC2(C(=O)OC)CCCCC2)cc1OCC. The van der Waals surface area contributed by atoms with Crippen molar-refractivity contribution in [3.63, 3.8) is 0 Å². The van der Waals surface area contributed by atoms with E-state index < -0.39 is 5.54 Å². The number of esters is 1. The molecule has 1 amide bonds. The van der Waals surface area contributed by atoms with Gasteiger partial charge < -0.3 is 19.5 Å². The molecule has 0 bridgehead atoms. The van der Waals surface area contributed by atoms with E-state index in [0.29, 0.717) is 43.1 Å². The number of hydrogen-bond donors (Lipinski definition) is 1. The van der Waals surface area contributed by atoms with Crippen LogP contribution in [0.5, 0.6) is 11.5 Å². The molecule has 1 aromatic carbocycles. The zero-order chi connectivity index (χ0) is 19.0. The highest BCUT2D eigenvalue weighted by Crippen LogP contribution is 2.32. The average Bonchev–Trinajstić information content (AvgIpc) is 2.67. The van der Waals surface area contributed by atoms with Gasteiger partial charge in [-0.2, -0.15) is 0 Å². The Morgan fingerprint density at radius 2 is 1.81 bits per heavy atom. The molecule has 0 aliphatic heterocycles. The number of carbonyl (C=O) groups excluding carboxylic acids is 2. The van der Waals surface area contributed by atoms with Crippen molar-refractivity contribution in [2.45, 2.75) is 57.9 Å². The highest BCUT2D eigenvalue weighted by atomic mass is 16.5. The van der Waals surface area contributed by atoms with Crippen LogP contribution < -0.4 is 14.8 Å². The second-order valence-corrected chi connectivity index (χ2v) is 6.53. The second kappa shape index (κ2) is 9.46. The summed E-state index contributed by atoms with van der Waals surface area (Å²) in [5, 5.41) is 2.92. The van der Waals surface area contributed by atoms with E-state index in [1.54, 1.807) is 18.2 Å². The quantitative estimate of drug-likeness (QED) is 0.716. The third kappa shape index (κ3) is 4.68. The van der Waals surface area contributed by atoms with Gasteiger partial charge >= 0.3 is 5.97 Å². The predicted molar refractivity (Wildman–Crippen MR) is 98.7 cm³/mol. The molecule has 1 saturated carbocycles. The van der Waals surface area contributed by atoms with Crippen molar-refractivity contribution in [3.8, 4) is 11.5 Å². The number of benzene rings is 1. The highest BCUT2D eigenvalue weighted by molar-refractivity contribution is 5.98. The van der Waals surface area contributed by atoms with Crippen LogP contribution in [0.4, 0.5) is 0 Å². The van der Waals surface area contributed by atoms with Gasteiger partial charge in [0, 0.05) is 5.56 Å². The van der Waals surface area contributed by atoms with Crippen molar-refractivity contribution < 1.29 is 23.8 Å². The molecule has 1 aliphatic carbocycles. The maximum Gasteiger partial charge on any atom is 0.331 e. The number of hydrogen-bond acceptors (Lipinski definition) is 5. The van der Waals surface area contributed by atoms with Gasteiger partial charge in [-0.25, -0.2) is 4.79 Å². The third-order valence-electron chi connectivity index (χ3n) is 4.60. The summed E-state index contributed by atoms with van der Waals surface area (Å²) >= 11 is 0. The number of ether oxygens (including phenoxy) is 3. The van der Waals surface area contributed by atoms with E-state index >= 15 is 0 Å². The molecule has 1 aliphatic rings. The lowest BCUT2D eigenvalue weighted by atomic mass is 9.81. The fourth-order valence-electron chi connectivity index (χ4n) is 3.27. The summed E-state index contributed by atoms with van der Waals surface area (Å²) in [6.07, 6.45) is 4.93. The van der Waals surface area contributed by atoms with Crippen molar-refractivity contribution in [2.24, 2.45) is 0 Å². The molecule has 0 atom stereocenters. The van der Waals surface area contributed by atoms with E-state index in [1.807, 2.05) is 13.8 Å². The Balaban J connectivity index is 2.21. The molecule has 0 radical (unpaired) electrons. The van der Waals surface area contributed by atoms with Crippen molar-refractivity contribution in [3.05, 3.63) is 23.8 Å². The molecule has 2 rings (SSSR count). The minimum absolute atomic E-state index is 0.305. The van der Waals surface area contributed by atoms with Crippen LogP contribution in [0.3, 0.4) is 0 Å². The van der Waals surface area contributed by atoms with Crippen LogP contribution in [-0.4, -0.2) is 37.7 Å². The van der Waals surface area contributed by atoms with Crippen LogP contribution in [0.15, 0.2) is 18.2 Å². The van der Waals surface area contributed by atoms with E-state index in [1.165, 1.54) is 7.11 Å². The Hall–Kier alpha value is -2.24. The zero-order valence-electron chi connectivity index (χ0n) is 15.9. The summed E-state index contributed by atoms with van der Waals surface area (Å²) in [7, 11) is 1.36. The largest absolute Gasteiger partial charge is 0.490 e. The Morgan fingerprint density at radius 3 is 2.42 bits per heavy atom. The molecule has 26 heavy (non-hydrogen) atoms. The van der Waals surface area contributed by atoms with Crippen molar-refractivity contribution in [1.29, 1.82) is 0 Å². The van der Waals surface area contributed by atoms with Gasteiger partial charge in [0.2, 0.25) is 0 Å². The first-order valence-corrected chi connectivity index (χ1v) is 9.37. The number of amides is 1. The maximum absolute atomic E-state index is 12.8. The standard InChI is InChI=1S/C20H29NO5/c1-4-13-26-16-10-9-15(14-17(16)25-5-2)18(22)21-20(19(23)24-3)11-7-6-8-12-20/h9-10,14H,4-8,11-13H2,1-3H3,(H,21,22). The Labute approximate surface area is 155 Å². The fourth-order valence-corrected chi connectivity index (χ4v) is 3.27. The molecule has 0 saturated heterocycles. The van der Waals surface area contributed by atoms with E-state index in [9.17, 15) is 9.59 Å². The minimum Gasteiger partial charge on any atom is -0.490 e. The van der Waals surface area contributed by atoms with Crippen LogP contribution in [0.2, 0.25) is 0 Å². The second-order valence-electron chi connectivity index (χ2n) is 6.53. The minimum atomic E-state index is -0.937. The average molecular weight is 363 g/mol. The topological polar surface area (TPSA) is 73.9 Å². The van der Waals surface area contributed by atoms with Crippen molar-refractivity contribution >= 4 is 11.9 Å². The van der Waals surface area contributed by atoms with Gasteiger partial charge in [-0.05, 0) is 44.4 Å². The third-order valence-corrected chi connectivity index (χ3v) is 4.60. The van der Waals surface area contributed by atoms with Crippen LogP contribution in [0.25, 0.3) is 0 Å². The van der Waals surface area contributed by atoms with Gasteiger partial charge in [0.1, 0.15) is 5.54 Å². The van der Waals surface area contributed by atoms with E-state index in [-0.39, 0.29) is 11.9 Å². The Morgan fingerprint density at radius 1 is 1.08 bits per heavy atom. The van der Waals surface area contributed by atoms with Gasteiger partial charge in [-0.1, -0.05) is 26.2 Å². The number of nitrogens with one attached hydrogen (secondary N) is 1. The van der Waals surface area contributed by atoms with Crippen molar-refractivity contribution in [1.82, 2.24) is 5.32 Å². The summed E-state index contributed by atoms with van der Waals surface area (Å²) in [4.78, 5) is 25.1. The first-order valence-electron chi connectivity index (χ1n) is 9.37. The number of methoxy groups -OCH3 is 1. The molecule has 0 unspecified atom stereocenters. The Bertz CT molecular complexity index is 623. The number of carbonyl (C=O) groups is 2. The maximum atomic E-state index is 12.8. The zero-order valence-corrected chi connectivity index (χ0v) is 15.9. The van der Waals surface area contributed by atoms with Crippen molar-refractivity contribution in [2.75, 3.05) is 20.3 Å². The summed E-state index contributed by atoms with van der Waals surface area (Å²) in [6.45, 7) is 4.96. The summed E-state index contributed by atoms with van der Waals surface area (Å²) in [5.41, 5.74) is -0.501. The van der Waals surface area contributed by atoms with E-state index in [2.05, 4.69) is 5.32 Å². The van der Waals surface area contributed by atoms with Gasteiger partial charge in [-0.3, -0.25) is 4.79 Å². The summed E-state index contributed by atoms with van der Waals surface area (Å²) in [6, 6.07) is 5.09. The van der Waals surface area contributed by atoms with Crippen LogP contribution >= 0.6 is 0 Å². The van der Waals surface area contributed by atoms with Crippen LogP contribution in [0.1, 0.15) is 62.7 Å². The molecule has 144 valence electrons. The molecule has 6 nitrogen and oxygen atoms in total. The molecule has 6 heteroatoms.